The third-order valence-corrected chi connectivity index (χ3v) is 2.96. The summed E-state index contributed by atoms with van der Waals surface area (Å²) in [6.07, 6.45) is 1.71. The smallest absolute Gasteiger partial charge is 0.337 e. The summed E-state index contributed by atoms with van der Waals surface area (Å²) in [7, 11) is 0. The highest BCUT2D eigenvalue weighted by atomic mass is 16.4. The van der Waals surface area contributed by atoms with Gasteiger partial charge < -0.3 is 10.8 Å². The zero-order valence-electron chi connectivity index (χ0n) is 9.95. The summed E-state index contributed by atoms with van der Waals surface area (Å²) in [6, 6.07) is 12.4. The number of carboxylic acid groups (broad SMARTS) is 1. The molecule has 0 unspecified atom stereocenters. The van der Waals surface area contributed by atoms with E-state index in [2.05, 4.69) is 5.10 Å². The number of nitrogens with two attached hydrogens (primary N) is 1. The number of benzene rings is 2. The molecule has 3 rings (SSSR count). The summed E-state index contributed by atoms with van der Waals surface area (Å²) in [5.41, 5.74) is 7.54. The second-order valence-corrected chi connectivity index (χ2v) is 4.20. The van der Waals surface area contributed by atoms with Crippen molar-refractivity contribution in [3.8, 4) is 5.69 Å². The minimum Gasteiger partial charge on any atom is -0.478 e. The third kappa shape index (κ3) is 1.81. The van der Waals surface area contributed by atoms with Gasteiger partial charge in [0.25, 0.3) is 0 Å². The molecule has 19 heavy (non-hydrogen) atoms. The molecule has 0 bridgehead atoms. The van der Waals surface area contributed by atoms with Crippen LogP contribution in [-0.4, -0.2) is 20.9 Å². The van der Waals surface area contributed by atoms with Crippen LogP contribution < -0.4 is 5.73 Å². The van der Waals surface area contributed by atoms with E-state index in [9.17, 15) is 9.90 Å². The molecule has 0 atom stereocenters. The summed E-state index contributed by atoms with van der Waals surface area (Å²) in [5, 5.41) is 14.5. The predicted octanol–water partition coefficient (Wildman–Crippen LogP) is 2.31. The number of nitrogens with zero attached hydrogens (tertiary/aromatic N) is 2. The quantitative estimate of drug-likeness (QED) is 0.687. The van der Waals surface area contributed by atoms with E-state index in [4.69, 9.17) is 5.73 Å². The van der Waals surface area contributed by atoms with E-state index in [-0.39, 0.29) is 5.56 Å². The number of hydrogen-bond donors (Lipinski definition) is 2. The highest BCUT2D eigenvalue weighted by Crippen LogP contribution is 2.22. The Kier molecular flexibility index (Phi) is 2.45. The molecule has 1 aromatic heterocycles. The van der Waals surface area contributed by atoms with Crippen molar-refractivity contribution in [2.24, 2.45) is 0 Å². The van der Waals surface area contributed by atoms with Gasteiger partial charge in [-0.1, -0.05) is 18.2 Å². The predicted molar refractivity (Wildman–Crippen MR) is 72.4 cm³/mol. The Bertz CT molecular complexity index is 777. The summed E-state index contributed by atoms with van der Waals surface area (Å²) >= 11 is 0. The fraction of sp³-hybridized carbons (Fsp3) is 0. The lowest BCUT2D eigenvalue weighted by Gasteiger charge is -2.08. The van der Waals surface area contributed by atoms with Gasteiger partial charge in [0.15, 0.2) is 0 Å². The second-order valence-electron chi connectivity index (χ2n) is 4.20. The van der Waals surface area contributed by atoms with E-state index in [0.29, 0.717) is 11.4 Å². The molecule has 0 radical (unpaired) electrons. The first kappa shape index (κ1) is 11.3. The Morgan fingerprint density at radius 1 is 1.21 bits per heavy atom. The van der Waals surface area contributed by atoms with E-state index < -0.39 is 5.97 Å². The number of nitrogen functional groups attached to an aromatic ring is 1. The third-order valence-electron chi connectivity index (χ3n) is 2.96. The summed E-state index contributed by atoms with van der Waals surface area (Å²) < 4.78 is 1.61. The normalized spacial score (nSPS) is 10.7. The van der Waals surface area contributed by atoms with Crippen molar-refractivity contribution in [3.05, 3.63) is 54.2 Å². The molecule has 0 aliphatic carbocycles. The Balaban J connectivity index is 2.30. The first-order valence-electron chi connectivity index (χ1n) is 5.73. The van der Waals surface area contributed by atoms with Crippen molar-refractivity contribution in [3.63, 3.8) is 0 Å². The molecule has 0 spiro atoms. The average Bonchev–Trinajstić information content (AvgIpc) is 2.82. The van der Waals surface area contributed by atoms with Gasteiger partial charge in [-0.05, 0) is 24.3 Å². The number of fused-ring (bicyclic) bond motifs is 1. The fourth-order valence-electron chi connectivity index (χ4n) is 2.07. The van der Waals surface area contributed by atoms with Gasteiger partial charge in [-0.2, -0.15) is 5.10 Å². The van der Waals surface area contributed by atoms with Crippen LogP contribution in [0, 0.1) is 0 Å². The lowest BCUT2D eigenvalue weighted by Crippen LogP contribution is -2.07. The molecule has 2 aromatic carbocycles. The molecular weight excluding hydrogens is 242 g/mol. The zero-order chi connectivity index (χ0) is 13.4. The maximum Gasteiger partial charge on any atom is 0.337 e. The fourth-order valence-corrected chi connectivity index (χ4v) is 2.07. The molecule has 1 heterocycles. The number of carbonyl (C=O) groups is 1. The monoisotopic (exact) mass is 253 g/mol. The van der Waals surface area contributed by atoms with Crippen LogP contribution in [0.4, 0.5) is 5.69 Å². The summed E-state index contributed by atoms with van der Waals surface area (Å²) in [5.74, 6) is -1.03. The minimum absolute atomic E-state index is 0.133. The standard InChI is InChI=1S/C14H11N3O2/c15-10-5-6-13(11(7-10)14(18)19)17-12-4-2-1-3-9(12)8-16-17/h1-8H,15H2,(H,18,19). The number of aromatic carboxylic acids is 1. The molecule has 0 saturated carbocycles. The van der Waals surface area contributed by atoms with Gasteiger partial charge in [0.05, 0.1) is 23.0 Å². The Morgan fingerprint density at radius 2 is 2.00 bits per heavy atom. The first-order chi connectivity index (χ1) is 9.16. The molecule has 3 N–H and O–H groups in total. The van der Waals surface area contributed by atoms with Crippen LogP contribution in [0.2, 0.25) is 0 Å². The average molecular weight is 253 g/mol. The van der Waals surface area contributed by atoms with Gasteiger partial charge in [0.1, 0.15) is 0 Å². The molecule has 0 aliphatic heterocycles. The van der Waals surface area contributed by atoms with Gasteiger partial charge in [-0.3, -0.25) is 0 Å². The first-order valence-corrected chi connectivity index (χ1v) is 5.73. The van der Waals surface area contributed by atoms with E-state index >= 15 is 0 Å². The molecule has 3 aromatic rings. The molecule has 5 heteroatoms. The van der Waals surface area contributed by atoms with Crippen molar-refractivity contribution in [1.82, 2.24) is 9.78 Å². The highest BCUT2D eigenvalue weighted by molar-refractivity contribution is 5.94. The van der Waals surface area contributed by atoms with Crippen LogP contribution in [0.15, 0.2) is 48.7 Å². The van der Waals surface area contributed by atoms with Gasteiger partial charge in [-0.25, -0.2) is 9.48 Å². The number of aromatic nitrogens is 2. The van der Waals surface area contributed by atoms with Crippen molar-refractivity contribution in [2.45, 2.75) is 0 Å². The van der Waals surface area contributed by atoms with E-state index in [1.54, 1.807) is 23.0 Å². The molecule has 0 saturated heterocycles. The van der Waals surface area contributed by atoms with Crippen LogP contribution >= 0.6 is 0 Å². The number of rotatable bonds is 2. The second kappa shape index (κ2) is 4.13. The highest BCUT2D eigenvalue weighted by Gasteiger charge is 2.14. The SMILES string of the molecule is Nc1ccc(-n2ncc3ccccc32)c(C(=O)O)c1. The minimum atomic E-state index is -1.03. The van der Waals surface area contributed by atoms with Crippen LogP contribution in [0.3, 0.4) is 0 Å². The molecule has 0 fully saturated rings. The summed E-state index contributed by atoms with van der Waals surface area (Å²) in [6.45, 7) is 0. The maximum atomic E-state index is 11.3. The van der Waals surface area contributed by atoms with E-state index in [1.807, 2.05) is 24.3 Å². The maximum absolute atomic E-state index is 11.3. The van der Waals surface area contributed by atoms with Crippen LogP contribution in [0.25, 0.3) is 16.6 Å². The number of anilines is 1. The number of hydrogen-bond acceptors (Lipinski definition) is 3. The van der Waals surface area contributed by atoms with Crippen LogP contribution in [0.5, 0.6) is 0 Å². The van der Waals surface area contributed by atoms with Crippen molar-refractivity contribution < 1.29 is 9.90 Å². The largest absolute Gasteiger partial charge is 0.478 e. The molecule has 0 amide bonds. The molecule has 94 valence electrons. The lowest BCUT2D eigenvalue weighted by atomic mass is 10.1. The molecule has 5 nitrogen and oxygen atoms in total. The van der Waals surface area contributed by atoms with Crippen LogP contribution in [0.1, 0.15) is 10.4 Å². The topological polar surface area (TPSA) is 81.1 Å². The van der Waals surface area contributed by atoms with Gasteiger partial charge in [0.2, 0.25) is 0 Å². The Labute approximate surface area is 108 Å². The van der Waals surface area contributed by atoms with Crippen LogP contribution in [-0.2, 0) is 0 Å². The Hall–Kier alpha value is -2.82. The van der Waals surface area contributed by atoms with Crippen molar-refractivity contribution in [1.29, 1.82) is 0 Å². The Morgan fingerprint density at radius 3 is 2.79 bits per heavy atom. The van der Waals surface area contributed by atoms with Gasteiger partial charge in [-0.15, -0.1) is 0 Å². The molecule has 0 aliphatic rings. The van der Waals surface area contributed by atoms with Crippen molar-refractivity contribution >= 4 is 22.6 Å². The van der Waals surface area contributed by atoms with Gasteiger partial charge >= 0.3 is 5.97 Å². The number of para-hydroxylation sites is 1. The number of carboxylic acids is 1. The van der Waals surface area contributed by atoms with E-state index in [0.717, 1.165) is 10.9 Å². The van der Waals surface area contributed by atoms with Gasteiger partial charge in [0, 0.05) is 11.1 Å². The zero-order valence-corrected chi connectivity index (χ0v) is 9.95. The summed E-state index contributed by atoms with van der Waals surface area (Å²) in [4.78, 5) is 11.3. The molecular formula is C14H11N3O2. The van der Waals surface area contributed by atoms with E-state index in [1.165, 1.54) is 6.07 Å². The van der Waals surface area contributed by atoms with Crippen molar-refractivity contribution in [2.75, 3.05) is 5.73 Å². The lowest BCUT2D eigenvalue weighted by molar-refractivity contribution is 0.0697.